The van der Waals surface area contributed by atoms with Gasteiger partial charge in [-0.3, -0.25) is 4.99 Å². The highest BCUT2D eigenvalue weighted by atomic mass is 14.8. The van der Waals surface area contributed by atoms with E-state index in [2.05, 4.69) is 53.0 Å². The standard InChI is InChI=1S/C19H29N/c1-10-15(6)13-16(11-2)18(20-14(4)5)17(12-3)19(7,8)9/h10-13H,2-3H2,1,4-9H3/b15-10-,16-13+,18-17+. The monoisotopic (exact) mass is 271 g/mol. The van der Waals surface area contributed by atoms with Crippen LogP contribution in [0.1, 0.15) is 48.5 Å². The molecule has 0 rings (SSSR count). The quantitative estimate of drug-likeness (QED) is 0.427. The summed E-state index contributed by atoms with van der Waals surface area (Å²) < 4.78 is 0. The summed E-state index contributed by atoms with van der Waals surface area (Å²) in [5.74, 6) is 0. The molecule has 0 aliphatic carbocycles. The zero-order valence-corrected chi connectivity index (χ0v) is 14.2. The minimum atomic E-state index is -0.0119. The van der Waals surface area contributed by atoms with E-state index in [1.807, 2.05) is 32.9 Å². The molecule has 0 N–H and O–H groups in total. The highest BCUT2D eigenvalue weighted by Crippen LogP contribution is 2.33. The number of nitrogens with zero attached hydrogens (tertiary/aromatic N) is 1. The van der Waals surface area contributed by atoms with Crippen LogP contribution in [0.4, 0.5) is 0 Å². The molecule has 0 bridgehead atoms. The third-order valence-electron chi connectivity index (χ3n) is 2.93. The summed E-state index contributed by atoms with van der Waals surface area (Å²) in [5, 5.41) is 0. The van der Waals surface area contributed by atoms with Gasteiger partial charge in [-0.15, -0.1) is 0 Å². The van der Waals surface area contributed by atoms with Gasteiger partial charge in [0.15, 0.2) is 0 Å². The Morgan fingerprint density at radius 1 is 1.00 bits per heavy atom. The van der Waals surface area contributed by atoms with Crippen molar-refractivity contribution in [2.24, 2.45) is 10.4 Å². The van der Waals surface area contributed by atoms with Crippen LogP contribution in [0.3, 0.4) is 0 Å². The highest BCUT2D eigenvalue weighted by molar-refractivity contribution is 5.81. The fourth-order valence-electron chi connectivity index (χ4n) is 1.81. The van der Waals surface area contributed by atoms with Gasteiger partial charge in [-0.05, 0) is 38.7 Å². The summed E-state index contributed by atoms with van der Waals surface area (Å²) in [6, 6.07) is 0. The smallest absolute Gasteiger partial charge is 0.0738 e. The molecule has 1 nitrogen and oxygen atoms in total. The molecule has 0 aromatic heterocycles. The summed E-state index contributed by atoms with van der Waals surface area (Å²) in [4.78, 5) is 4.73. The van der Waals surface area contributed by atoms with Crippen molar-refractivity contribution < 1.29 is 0 Å². The van der Waals surface area contributed by atoms with Gasteiger partial charge in [-0.25, -0.2) is 0 Å². The second-order valence-electron chi connectivity index (χ2n) is 6.11. The van der Waals surface area contributed by atoms with Crippen LogP contribution in [0.5, 0.6) is 0 Å². The van der Waals surface area contributed by atoms with Gasteiger partial charge < -0.3 is 0 Å². The molecule has 0 amide bonds. The van der Waals surface area contributed by atoms with Crippen LogP contribution in [0.2, 0.25) is 0 Å². The van der Waals surface area contributed by atoms with Crippen molar-refractivity contribution >= 4 is 5.71 Å². The minimum Gasteiger partial charge on any atom is -0.257 e. The zero-order valence-electron chi connectivity index (χ0n) is 14.2. The molecular weight excluding hydrogens is 242 g/mol. The van der Waals surface area contributed by atoms with E-state index in [9.17, 15) is 0 Å². The normalized spacial score (nSPS) is 14.6. The van der Waals surface area contributed by atoms with E-state index < -0.39 is 0 Å². The van der Waals surface area contributed by atoms with Gasteiger partial charge in [-0.2, -0.15) is 0 Å². The van der Waals surface area contributed by atoms with Gasteiger partial charge in [0.1, 0.15) is 0 Å². The maximum atomic E-state index is 4.73. The van der Waals surface area contributed by atoms with Crippen LogP contribution >= 0.6 is 0 Å². The molecule has 0 unspecified atom stereocenters. The summed E-state index contributed by atoms with van der Waals surface area (Å²) in [7, 11) is 0. The lowest BCUT2D eigenvalue weighted by Gasteiger charge is -2.23. The molecule has 0 aliphatic heterocycles. The Hall–Kier alpha value is -1.63. The third-order valence-corrected chi connectivity index (χ3v) is 2.93. The Morgan fingerprint density at radius 2 is 1.55 bits per heavy atom. The van der Waals surface area contributed by atoms with Crippen LogP contribution in [0, 0.1) is 5.41 Å². The number of hydrogen-bond acceptors (Lipinski definition) is 1. The first-order chi connectivity index (χ1) is 9.17. The Balaban J connectivity index is 6.38. The number of hydrogen-bond donors (Lipinski definition) is 0. The van der Waals surface area contributed by atoms with Gasteiger partial charge in [0, 0.05) is 11.3 Å². The predicted octanol–water partition coefficient (Wildman–Crippen LogP) is 6.03. The molecule has 0 atom stereocenters. The molecule has 0 spiro atoms. The molecule has 0 aromatic carbocycles. The third kappa shape index (κ3) is 5.56. The molecule has 20 heavy (non-hydrogen) atoms. The number of rotatable bonds is 5. The Labute approximate surface area is 125 Å². The molecule has 0 fully saturated rings. The molecule has 0 radical (unpaired) electrons. The highest BCUT2D eigenvalue weighted by Gasteiger charge is 2.20. The van der Waals surface area contributed by atoms with Crippen LogP contribution in [-0.4, -0.2) is 5.71 Å². The maximum absolute atomic E-state index is 4.73. The lowest BCUT2D eigenvalue weighted by molar-refractivity contribution is 0.512. The average Bonchev–Trinajstić information content (AvgIpc) is 2.33. The van der Waals surface area contributed by atoms with Gasteiger partial charge in [-0.1, -0.05) is 63.8 Å². The average molecular weight is 271 g/mol. The fourth-order valence-corrected chi connectivity index (χ4v) is 1.81. The first-order valence-corrected chi connectivity index (χ1v) is 7.03. The van der Waals surface area contributed by atoms with Gasteiger partial charge in [0.05, 0.1) is 5.70 Å². The fraction of sp³-hybridized carbons (Fsp3) is 0.421. The van der Waals surface area contributed by atoms with Crippen LogP contribution < -0.4 is 0 Å². The van der Waals surface area contributed by atoms with E-state index in [4.69, 9.17) is 4.99 Å². The van der Waals surface area contributed by atoms with Crippen molar-refractivity contribution in [2.45, 2.75) is 48.5 Å². The molecule has 110 valence electrons. The molecule has 0 aromatic rings. The van der Waals surface area contributed by atoms with Crippen molar-refractivity contribution in [2.75, 3.05) is 0 Å². The van der Waals surface area contributed by atoms with Gasteiger partial charge in [0.2, 0.25) is 0 Å². The molecule has 0 heterocycles. The van der Waals surface area contributed by atoms with Crippen molar-refractivity contribution in [1.29, 1.82) is 0 Å². The largest absolute Gasteiger partial charge is 0.257 e. The predicted molar refractivity (Wildman–Crippen MR) is 93.2 cm³/mol. The van der Waals surface area contributed by atoms with E-state index in [-0.39, 0.29) is 5.41 Å². The number of aliphatic imine (C=N–C) groups is 1. The summed E-state index contributed by atoms with van der Waals surface area (Å²) >= 11 is 0. The molecular formula is C19H29N. The van der Waals surface area contributed by atoms with E-state index >= 15 is 0 Å². The second-order valence-corrected chi connectivity index (χ2v) is 6.11. The van der Waals surface area contributed by atoms with Crippen molar-refractivity contribution in [3.63, 3.8) is 0 Å². The van der Waals surface area contributed by atoms with Crippen LogP contribution in [0.15, 0.2) is 64.9 Å². The maximum Gasteiger partial charge on any atom is 0.0738 e. The first-order valence-electron chi connectivity index (χ1n) is 7.03. The lowest BCUT2D eigenvalue weighted by Crippen LogP contribution is -2.11. The zero-order chi connectivity index (χ0) is 15.9. The van der Waals surface area contributed by atoms with E-state index in [0.717, 1.165) is 22.6 Å². The van der Waals surface area contributed by atoms with Crippen LogP contribution in [0.25, 0.3) is 0 Å². The topological polar surface area (TPSA) is 12.4 Å². The van der Waals surface area contributed by atoms with Gasteiger partial charge >= 0.3 is 0 Å². The van der Waals surface area contributed by atoms with E-state index in [1.165, 1.54) is 5.57 Å². The molecule has 0 saturated carbocycles. The Bertz CT molecular complexity index is 484. The molecule has 0 saturated heterocycles. The summed E-state index contributed by atoms with van der Waals surface area (Å²) in [5.41, 5.74) is 5.33. The summed E-state index contributed by atoms with van der Waals surface area (Å²) in [6.07, 6.45) is 7.96. The van der Waals surface area contributed by atoms with Crippen molar-refractivity contribution in [3.8, 4) is 0 Å². The SMILES string of the molecule is C=CC(=C\C(C)=C/C)/C(N=C(C)C)=C(/C=C)C(C)(C)C. The second kappa shape index (κ2) is 7.84. The summed E-state index contributed by atoms with van der Waals surface area (Å²) in [6.45, 7) is 22.6. The van der Waals surface area contributed by atoms with Crippen molar-refractivity contribution in [1.82, 2.24) is 0 Å². The van der Waals surface area contributed by atoms with E-state index in [1.54, 1.807) is 0 Å². The first kappa shape index (κ1) is 18.4. The van der Waals surface area contributed by atoms with Crippen LogP contribution in [-0.2, 0) is 0 Å². The minimum absolute atomic E-state index is 0.0119. The Kier molecular flexibility index (Phi) is 7.20. The van der Waals surface area contributed by atoms with E-state index in [0.29, 0.717) is 0 Å². The number of allylic oxidation sites excluding steroid dienone is 6. The lowest BCUT2D eigenvalue weighted by atomic mass is 9.83. The van der Waals surface area contributed by atoms with Crippen molar-refractivity contribution in [3.05, 3.63) is 59.9 Å². The molecule has 1 heteroatoms. The van der Waals surface area contributed by atoms with Gasteiger partial charge in [0.25, 0.3) is 0 Å². The Morgan fingerprint density at radius 3 is 1.85 bits per heavy atom. The molecule has 0 aliphatic rings.